The van der Waals surface area contributed by atoms with Gasteiger partial charge in [-0.25, -0.2) is 0 Å². The molecule has 0 aromatic heterocycles. The van der Waals surface area contributed by atoms with Gasteiger partial charge in [-0.1, -0.05) is 0 Å². The van der Waals surface area contributed by atoms with Crippen LogP contribution in [0.25, 0.3) is 0 Å². The number of halogens is 1. The van der Waals surface area contributed by atoms with Gasteiger partial charge in [-0.05, 0) is 27.7 Å². The molecule has 0 aromatic carbocycles. The lowest BCUT2D eigenvalue weighted by Gasteiger charge is -2.34. The van der Waals surface area contributed by atoms with Gasteiger partial charge in [0.25, 0.3) is 0 Å². The lowest BCUT2D eigenvalue weighted by Crippen LogP contribution is -3.00. The standard InChI is InChI=1S/C8H20N.C2H4O.BrH/c1-5-9(6-2,7-3)8-4;1-2-3-1;/h5-8H2,1-4H3;1-2H2;1H/q+1;;/p-1. The van der Waals surface area contributed by atoms with Gasteiger partial charge in [0, 0.05) is 0 Å². The maximum atomic E-state index is 4.50. The molecule has 0 aliphatic carbocycles. The van der Waals surface area contributed by atoms with Crippen LogP contribution in [0.2, 0.25) is 0 Å². The first kappa shape index (κ1) is 15.9. The highest BCUT2D eigenvalue weighted by Gasteiger charge is 2.16. The molecule has 0 unspecified atom stereocenters. The third-order valence-corrected chi connectivity index (χ3v) is 2.89. The lowest BCUT2D eigenvalue weighted by atomic mass is 10.3. The second-order valence-electron chi connectivity index (χ2n) is 3.22. The van der Waals surface area contributed by atoms with Crippen molar-refractivity contribution in [2.45, 2.75) is 27.7 Å². The molecule has 1 aliphatic rings. The number of hydrogen-bond acceptors (Lipinski definition) is 1. The molecule has 13 heavy (non-hydrogen) atoms. The molecule has 0 spiro atoms. The Balaban J connectivity index is 0. The molecule has 0 N–H and O–H groups in total. The van der Waals surface area contributed by atoms with E-state index in [9.17, 15) is 0 Å². The van der Waals surface area contributed by atoms with Crippen molar-refractivity contribution in [3.63, 3.8) is 0 Å². The number of epoxide rings is 1. The first-order valence-corrected chi connectivity index (χ1v) is 5.17. The first-order chi connectivity index (χ1) is 5.74. The summed E-state index contributed by atoms with van der Waals surface area (Å²) in [6.07, 6.45) is 0. The van der Waals surface area contributed by atoms with Crippen LogP contribution >= 0.6 is 0 Å². The van der Waals surface area contributed by atoms with Crippen molar-refractivity contribution in [3.05, 3.63) is 0 Å². The average Bonchev–Trinajstić information content (AvgIpc) is 2.96. The molecule has 0 bridgehead atoms. The zero-order valence-electron chi connectivity index (χ0n) is 9.48. The molecule has 1 rings (SSSR count). The average molecular weight is 254 g/mol. The van der Waals surface area contributed by atoms with Crippen molar-refractivity contribution in [2.75, 3.05) is 39.4 Å². The number of rotatable bonds is 4. The molecule has 0 amide bonds. The molecule has 1 aliphatic heterocycles. The largest absolute Gasteiger partial charge is 1.00 e. The summed E-state index contributed by atoms with van der Waals surface area (Å²) in [5.41, 5.74) is 0. The molecular formula is C10H24BrNO. The molecule has 2 nitrogen and oxygen atoms in total. The van der Waals surface area contributed by atoms with E-state index in [-0.39, 0.29) is 17.0 Å². The molecule has 0 saturated carbocycles. The van der Waals surface area contributed by atoms with Crippen molar-refractivity contribution in [1.29, 1.82) is 0 Å². The van der Waals surface area contributed by atoms with E-state index in [1.54, 1.807) is 0 Å². The van der Waals surface area contributed by atoms with Gasteiger partial charge in [0.15, 0.2) is 0 Å². The summed E-state index contributed by atoms with van der Waals surface area (Å²) < 4.78 is 5.78. The zero-order valence-corrected chi connectivity index (χ0v) is 11.1. The van der Waals surface area contributed by atoms with Gasteiger partial charge >= 0.3 is 0 Å². The smallest absolute Gasteiger partial charge is 0.0757 e. The van der Waals surface area contributed by atoms with Crippen molar-refractivity contribution in [3.8, 4) is 0 Å². The quantitative estimate of drug-likeness (QED) is 0.458. The molecular weight excluding hydrogens is 230 g/mol. The van der Waals surface area contributed by atoms with Crippen LogP contribution in [-0.4, -0.2) is 43.9 Å². The van der Waals surface area contributed by atoms with Crippen molar-refractivity contribution < 1.29 is 26.2 Å². The van der Waals surface area contributed by atoms with Crippen LogP contribution in [0.4, 0.5) is 0 Å². The summed E-state index contributed by atoms with van der Waals surface area (Å²) in [6, 6.07) is 0. The Morgan fingerprint density at radius 2 is 1.08 bits per heavy atom. The zero-order chi connectivity index (χ0) is 9.45. The highest BCUT2D eigenvalue weighted by Crippen LogP contribution is 2.03. The van der Waals surface area contributed by atoms with E-state index in [1.807, 2.05) is 0 Å². The van der Waals surface area contributed by atoms with Crippen LogP contribution < -0.4 is 17.0 Å². The Bertz CT molecular complexity index is 82.8. The van der Waals surface area contributed by atoms with Crippen molar-refractivity contribution in [1.82, 2.24) is 0 Å². The maximum absolute atomic E-state index is 4.50. The highest BCUT2D eigenvalue weighted by molar-refractivity contribution is 4.36. The van der Waals surface area contributed by atoms with Gasteiger partial charge in [-0.2, -0.15) is 0 Å². The molecule has 1 fully saturated rings. The Morgan fingerprint density at radius 3 is 1.08 bits per heavy atom. The number of quaternary nitrogens is 1. The van der Waals surface area contributed by atoms with E-state index in [2.05, 4.69) is 32.4 Å². The second kappa shape index (κ2) is 8.97. The Hall–Kier alpha value is 0.400. The topological polar surface area (TPSA) is 12.5 Å². The molecule has 3 heteroatoms. The van der Waals surface area contributed by atoms with Gasteiger partial charge in [0.2, 0.25) is 0 Å². The maximum Gasteiger partial charge on any atom is 0.0757 e. The summed E-state index contributed by atoms with van der Waals surface area (Å²) in [6.45, 7) is 16.2. The predicted octanol–water partition coefficient (Wildman–Crippen LogP) is -1.10. The Kier molecular flexibility index (Phi) is 10.9. The number of hydrogen-bond donors (Lipinski definition) is 0. The summed E-state index contributed by atoms with van der Waals surface area (Å²) in [4.78, 5) is 0. The first-order valence-electron chi connectivity index (χ1n) is 5.17. The summed E-state index contributed by atoms with van der Waals surface area (Å²) in [5.74, 6) is 0. The lowest BCUT2D eigenvalue weighted by molar-refractivity contribution is -0.921. The van der Waals surface area contributed by atoms with Gasteiger partial charge < -0.3 is 26.2 Å². The molecule has 0 aromatic rings. The fourth-order valence-corrected chi connectivity index (χ4v) is 1.34. The minimum Gasteiger partial charge on any atom is -1.00 e. The summed E-state index contributed by atoms with van der Waals surface area (Å²) >= 11 is 0. The van der Waals surface area contributed by atoms with Gasteiger partial charge in [-0.15, -0.1) is 0 Å². The van der Waals surface area contributed by atoms with Gasteiger partial charge in [0.1, 0.15) is 0 Å². The highest BCUT2D eigenvalue weighted by atomic mass is 79.9. The molecule has 0 radical (unpaired) electrons. The fourth-order valence-electron chi connectivity index (χ4n) is 1.34. The van der Waals surface area contributed by atoms with E-state index in [4.69, 9.17) is 0 Å². The van der Waals surface area contributed by atoms with E-state index in [0.717, 1.165) is 13.2 Å². The SMILES string of the molecule is C1CO1.CC[N+](CC)(CC)CC.[Br-]. The Morgan fingerprint density at radius 1 is 0.846 bits per heavy atom. The fraction of sp³-hybridized carbons (Fsp3) is 1.00. The van der Waals surface area contributed by atoms with Gasteiger partial charge in [-0.3, -0.25) is 0 Å². The van der Waals surface area contributed by atoms with Gasteiger partial charge in [0.05, 0.1) is 39.4 Å². The minimum atomic E-state index is 0. The van der Waals surface area contributed by atoms with Crippen LogP contribution in [0.15, 0.2) is 0 Å². The number of nitrogens with zero attached hydrogens (tertiary/aromatic N) is 1. The van der Waals surface area contributed by atoms with Crippen LogP contribution in [0.1, 0.15) is 27.7 Å². The second-order valence-corrected chi connectivity index (χ2v) is 3.22. The summed E-state index contributed by atoms with van der Waals surface area (Å²) in [5, 5.41) is 0. The van der Waals surface area contributed by atoms with E-state index in [0.29, 0.717) is 0 Å². The van der Waals surface area contributed by atoms with Crippen molar-refractivity contribution >= 4 is 0 Å². The minimum absolute atomic E-state index is 0. The monoisotopic (exact) mass is 253 g/mol. The van der Waals surface area contributed by atoms with E-state index >= 15 is 0 Å². The van der Waals surface area contributed by atoms with Crippen LogP contribution in [-0.2, 0) is 4.74 Å². The van der Waals surface area contributed by atoms with Crippen LogP contribution in [0, 0.1) is 0 Å². The van der Waals surface area contributed by atoms with E-state index in [1.165, 1.54) is 30.7 Å². The third kappa shape index (κ3) is 7.47. The van der Waals surface area contributed by atoms with E-state index < -0.39 is 0 Å². The molecule has 82 valence electrons. The third-order valence-electron chi connectivity index (χ3n) is 2.89. The normalized spacial score (nSPS) is 13.8. The molecule has 0 atom stereocenters. The van der Waals surface area contributed by atoms with Crippen molar-refractivity contribution in [2.24, 2.45) is 0 Å². The summed E-state index contributed by atoms with van der Waals surface area (Å²) in [7, 11) is 0. The molecule has 1 heterocycles. The Labute approximate surface area is 93.6 Å². The number of ether oxygens (including phenoxy) is 1. The molecule has 1 saturated heterocycles. The van der Waals surface area contributed by atoms with Crippen LogP contribution in [0.5, 0.6) is 0 Å². The predicted molar refractivity (Wildman–Crippen MR) is 53.2 cm³/mol. The van der Waals surface area contributed by atoms with Crippen LogP contribution in [0.3, 0.4) is 0 Å².